The van der Waals surface area contributed by atoms with Crippen molar-refractivity contribution < 1.29 is 19.0 Å². The number of ether oxygens (including phenoxy) is 3. The predicted molar refractivity (Wildman–Crippen MR) is 113 cm³/mol. The van der Waals surface area contributed by atoms with E-state index in [2.05, 4.69) is 6.07 Å². The van der Waals surface area contributed by atoms with Gasteiger partial charge in [0.05, 0.1) is 32.3 Å². The van der Waals surface area contributed by atoms with Crippen LogP contribution in [0.3, 0.4) is 0 Å². The first-order valence-electron chi connectivity index (χ1n) is 8.81. The highest BCUT2D eigenvalue weighted by atomic mass is 32.1. The van der Waals surface area contributed by atoms with Gasteiger partial charge in [-0.25, -0.2) is 0 Å². The fourth-order valence-corrected chi connectivity index (χ4v) is 3.47. The standard InChI is InChI=1S/C23H19NO4S/c1-26-20-8-4-3-7-19(20)17(15-24)12-16-9-10-21(22(13-16)27-2)28-23(25)14-18-6-5-11-29-18/h3-13H,14H2,1-2H3/b17-12-. The Morgan fingerprint density at radius 1 is 1.03 bits per heavy atom. The third-order valence-corrected chi connectivity index (χ3v) is 5.02. The fourth-order valence-electron chi connectivity index (χ4n) is 2.78. The largest absolute Gasteiger partial charge is 0.496 e. The van der Waals surface area contributed by atoms with Gasteiger partial charge < -0.3 is 14.2 Å². The second-order valence-electron chi connectivity index (χ2n) is 6.01. The van der Waals surface area contributed by atoms with Crippen molar-refractivity contribution in [3.05, 3.63) is 76.0 Å². The fraction of sp³-hybridized carbons (Fsp3) is 0.130. The van der Waals surface area contributed by atoms with Crippen LogP contribution < -0.4 is 14.2 Å². The molecule has 1 heterocycles. The SMILES string of the molecule is COc1cc(/C=C(/C#N)c2ccccc2OC)ccc1OC(=O)Cc1cccs1. The molecule has 2 aromatic carbocycles. The first-order chi connectivity index (χ1) is 14.1. The van der Waals surface area contributed by atoms with E-state index in [0.29, 0.717) is 28.4 Å². The zero-order chi connectivity index (χ0) is 20.6. The van der Waals surface area contributed by atoms with Crippen LogP contribution >= 0.6 is 11.3 Å². The number of hydrogen-bond acceptors (Lipinski definition) is 6. The van der Waals surface area contributed by atoms with Crippen molar-refractivity contribution in [2.75, 3.05) is 14.2 Å². The maximum absolute atomic E-state index is 12.2. The summed E-state index contributed by atoms with van der Waals surface area (Å²) in [5.41, 5.74) is 1.89. The van der Waals surface area contributed by atoms with Crippen molar-refractivity contribution in [2.24, 2.45) is 0 Å². The summed E-state index contributed by atoms with van der Waals surface area (Å²) in [6.45, 7) is 0. The summed E-state index contributed by atoms with van der Waals surface area (Å²) < 4.78 is 16.2. The molecule has 0 amide bonds. The molecule has 6 heteroatoms. The van der Waals surface area contributed by atoms with Gasteiger partial charge in [0.25, 0.3) is 0 Å². The molecule has 0 atom stereocenters. The van der Waals surface area contributed by atoms with Crippen LogP contribution in [-0.2, 0) is 11.2 Å². The number of hydrogen-bond donors (Lipinski definition) is 0. The number of para-hydroxylation sites is 1. The van der Waals surface area contributed by atoms with Gasteiger partial charge in [0.1, 0.15) is 5.75 Å². The van der Waals surface area contributed by atoms with Crippen molar-refractivity contribution in [1.82, 2.24) is 0 Å². The highest BCUT2D eigenvalue weighted by molar-refractivity contribution is 7.10. The number of rotatable bonds is 7. The van der Waals surface area contributed by atoms with Gasteiger partial charge in [-0.3, -0.25) is 4.79 Å². The number of methoxy groups -OCH3 is 2. The highest BCUT2D eigenvalue weighted by Crippen LogP contribution is 2.32. The molecule has 0 aliphatic heterocycles. The van der Waals surface area contributed by atoms with E-state index in [4.69, 9.17) is 14.2 Å². The summed E-state index contributed by atoms with van der Waals surface area (Å²) in [6, 6.07) is 18.5. The molecule has 0 fully saturated rings. The molecule has 0 bridgehead atoms. The zero-order valence-electron chi connectivity index (χ0n) is 16.0. The molecule has 0 aliphatic rings. The third kappa shape index (κ3) is 5.03. The minimum absolute atomic E-state index is 0.203. The van der Waals surface area contributed by atoms with E-state index < -0.39 is 0 Å². The Labute approximate surface area is 173 Å². The predicted octanol–water partition coefficient (Wildman–Crippen LogP) is 4.98. The Kier molecular flexibility index (Phi) is 6.67. The monoisotopic (exact) mass is 405 g/mol. The Hall–Kier alpha value is -3.56. The normalized spacial score (nSPS) is 10.9. The van der Waals surface area contributed by atoms with Crippen molar-refractivity contribution in [3.63, 3.8) is 0 Å². The van der Waals surface area contributed by atoms with Crippen molar-refractivity contribution in [3.8, 4) is 23.3 Å². The van der Waals surface area contributed by atoms with Crippen LogP contribution in [-0.4, -0.2) is 20.2 Å². The van der Waals surface area contributed by atoms with Crippen molar-refractivity contribution in [2.45, 2.75) is 6.42 Å². The van der Waals surface area contributed by atoms with E-state index in [1.165, 1.54) is 18.4 Å². The maximum Gasteiger partial charge on any atom is 0.316 e. The molecular formula is C23H19NO4S. The average molecular weight is 405 g/mol. The molecule has 0 spiro atoms. The first-order valence-corrected chi connectivity index (χ1v) is 9.69. The van der Waals surface area contributed by atoms with E-state index >= 15 is 0 Å². The molecule has 0 N–H and O–H groups in total. The Balaban J connectivity index is 1.85. The molecule has 146 valence electrons. The molecule has 5 nitrogen and oxygen atoms in total. The molecular weight excluding hydrogens is 386 g/mol. The van der Waals surface area contributed by atoms with Crippen LogP contribution in [0.1, 0.15) is 16.0 Å². The summed E-state index contributed by atoms with van der Waals surface area (Å²) in [4.78, 5) is 13.1. The van der Waals surface area contributed by atoms with Crippen molar-refractivity contribution >= 4 is 29.0 Å². The van der Waals surface area contributed by atoms with Crippen LogP contribution in [0.4, 0.5) is 0 Å². The number of thiophene rings is 1. The third-order valence-electron chi connectivity index (χ3n) is 4.14. The molecule has 0 unspecified atom stereocenters. The van der Waals surface area contributed by atoms with E-state index in [-0.39, 0.29) is 12.4 Å². The molecule has 0 aliphatic carbocycles. The zero-order valence-corrected chi connectivity index (χ0v) is 16.9. The van der Waals surface area contributed by atoms with Crippen LogP contribution in [0, 0.1) is 11.3 Å². The molecule has 3 aromatic rings. The van der Waals surface area contributed by atoms with Gasteiger partial charge in [-0.2, -0.15) is 5.26 Å². The summed E-state index contributed by atoms with van der Waals surface area (Å²) in [7, 11) is 3.07. The molecule has 1 aromatic heterocycles. The maximum atomic E-state index is 12.2. The number of esters is 1. The van der Waals surface area contributed by atoms with Gasteiger partial charge in [0.2, 0.25) is 0 Å². The Morgan fingerprint density at radius 2 is 1.83 bits per heavy atom. The lowest BCUT2D eigenvalue weighted by molar-refractivity contribution is -0.133. The number of nitriles is 1. The van der Waals surface area contributed by atoms with Gasteiger partial charge in [-0.1, -0.05) is 24.3 Å². The second-order valence-corrected chi connectivity index (χ2v) is 7.04. The van der Waals surface area contributed by atoms with E-state index in [9.17, 15) is 10.1 Å². The highest BCUT2D eigenvalue weighted by Gasteiger charge is 2.13. The van der Waals surface area contributed by atoms with Crippen LogP contribution in [0.25, 0.3) is 11.6 Å². The molecule has 0 saturated heterocycles. The topological polar surface area (TPSA) is 68.6 Å². The summed E-state index contributed by atoms with van der Waals surface area (Å²) in [5.74, 6) is 1.00. The number of carbonyl (C=O) groups excluding carboxylic acids is 1. The Bertz CT molecular complexity index is 1060. The van der Waals surface area contributed by atoms with E-state index in [1.807, 2.05) is 35.7 Å². The van der Waals surface area contributed by atoms with E-state index in [0.717, 1.165) is 10.4 Å². The van der Waals surface area contributed by atoms with Gasteiger partial charge in [-0.15, -0.1) is 11.3 Å². The smallest absolute Gasteiger partial charge is 0.316 e. The lowest BCUT2D eigenvalue weighted by atomic mass is 10.0. The minimum atomic E-state index is -0.360. The van der Waals surface area contributed by atoms with E-state index in [1.54, 1.807) is 37.5 Å². The van der Waals surface area contributed by atoms with Gasteiger partial charge in [-0.05, 0) is 47.4 Å². The molecule has 29 heavy (non-hydrogen) atoms. The van der Waals surface area contributed by atoms with Gasteiger partial charge in [0, 0.05) is 10.4 Å². The first kappa shape index (κ1) is 20.2. The summed E-state index contributed by atoms with van der Waals surface area (Å²) in [5, 5.41) is 11.5. The number of nitrogens with zero attached hydrogens (tertiary/aromatic N) is 1. The summed E-state index contributed by atoms with van der Waals surface area (Å²) >= 11 is 1.50. The number of carbonyl (C=O) groups is 1. The number of benzene rings is 2. The Morgan fingerprint density at radius 3 is 2.52 bits per heavy atom. The molecule has 3 rings (SSSR count). The minimum Gasteiger partial charge on any atom is -0.496 e. The summed E-state index contributed by atoms with van der Waals surface area (Å²) in [6.07, 6.45) is 1.94. The quantitative estimate of drug-likeness (QED) is 0.240. The van der Waals surface area contributed by atoms with Gasteiger partial charge in [0.15, 0.2) is 11.5 Å². The molecule has 0 saturated carbocycles. The molecule has 0 radical (unpaired) electrons. The van der Waals surface area contributed by atoms with Crippen molar-refractivity contribution in [1.29, 1.82) is 5.26 Å². The lowest BCUT2D eigenvalue weighted by Crippen LogP contribution is -2.11. The van der Waals surface area contributed by atoms with Crippen LogP contribution in [0.5, 0.6) is 17.2 Å². The number of allylic oxidation sites excluding steroid dienone is 1. The second kappa shape index (κ2) is 9.58. The van der Waals surface area contributed by atoms with Crippen LogP contribution in [0.2, 0.25) is 0 Å². The average Bonchev–Trinajstić information content (AvgIpc) is 3.25. The lowest BCUT2D eigenvalue weighted by Gasteiger charge is -2.10. The van der Waals surface area contributed by atoms with Gasteiger partial charge >= 0.3 is 5.97 Å². The van der Waals surface area contributed by atoms with Crippen LogP contribution in [0.15, 0.2) is 60.0 Å².